The van der Waals surface area contributed by atoms with Gasteiger partial charge in [-0.1, -0.05) is 18.2 Å². The number of pyridine rings is 1. The minimum Gasteiger partial charge on any atom is -0.371 e. The van der Waals surface area contributed by atoms with Crippen molar-refractivity contribution in [2.24, 2.45) is 0 Å². The van der Waals surface area contributed by atoms with Crippen LogP contribution in [0.25, 0.3) is 5.82 Å². The summed E-state index contributed by atoms with van der Waals surface area (Å²) in [6.07, 6.45) is 8.82. The summed E-state index contributed by atoms with van der Waals surface area (Å²) < 4.78 is 1.78. The quantitative estimate of drug-likeness (QED) is 0.696. The Labute approximate surface area is 152 Å². The minimum atomic E-state index is -0.0735. The molecule has 0 saturated heterocycles. The first kappa shape index (κ1) is 16.3. The molecule has 6 nitrogen and oxygen atoms in total. The zero-order chi connectivity index (χ0) is 17.8. The first-order valence-corrected chi connectivity index (χ1v) is 8.87. The molecule has 0 radical (unpaired) electrons. The summed E-state index contributed by atoms with van der Waals surface area (Å²) in [4.78, 5) is 23.1. The van der Waals surface area contributed by atoms with E-state index >= 15 is 0 Å². The van der Waals surface area contributed by atoms with Gasteiger partial charge in [0, 0.05) is 49.5 Å². The van der Waals surface area contributed by atoms with Crippen molar-refractivity contribution in [1.29, 1.82) is 0 Å². The second kappa shape index (κ2) is 7.39. The monoisotopic (exact) mass is 347 g/mol. The van der Waals surface area contributed by atoms with E-state index in [1.807, 2.05) is 0 Å². The van der Waals surface area contributed by atoms with Gasteiger partial charge in [-0.25, -0.2) is 9.97 Å². The highest BCUT2D eigenvalue weighted by Gasteiger charge is 2.17. The van der Waals surface area contributed by atoms with Gasteiger partial charge in [-0.15, -0.1) is 0 Å². The molecule has 0 bridgehead atoms. The largest absolute Gasteiger partial charge is 0.371 e. The highest BCUT2D eigenvalue weighted by atomic mass is 16.1. The van der Waals surface area contributed by atoms with Crippen molar-refractivity contribution in [2.75, 3.05) is 24.5 Å². The molecule has 2 aromatic heterocycles. The number of fused-ring (bicyclic) bond motifs is 1. The van der Waals surface area contributed by atoms with E-state index in [4.69, 9.17) is 0 Å². The Bertz CT molecular complexity index is 891. The average Bonchev–Trinajstić information content (AvgIpc) is 3.35. The van der Waals surface area contributed by atoms with Crippen LogP contribution in [-0.4, -0.2) is 40.1 Å². The van der Waals surface area contributed by atoms with E-state index < -0.39 is 0 Å². The molecule has 6 heteroatoms. The molecular weight excluding hydrogens is 326 g/mol. The number of carbonyl (C=O) groups is 1. The van der Waals surface area contributed by atoms with Gasteiger partial charge in [0.25, 0.3) is 5.91 Å². The Balaban J connectivity index is 1.29. The molecule has 0 fully saturated rings. The zero-order valence-electron chi connectivity index (χ0n) is 14.5. The van der Waals surface area contributed by atoms with E-state index in [-0.39, 0.29) is 5.91 Å². The van der Waals surface area contributed by atoms with Gasteiger partial charge in [-0.2, -0.15) is 0 Å². The van der Waals surface area contributed by atoms with Crippen molar-refractivity contribution < 1.29 is 4.79 Å². The number of nitrogens with zero attached hydrogens (tertiary/aromatic N) is 4. The fourth-order valence-corrected chi connectivity index (χ4v) is 3.31. The minimum absolute atomic E-state index is 0.0735. The van der Waals surface area contributed by atoms with Crippen molar-refractivity contribution in [3.8, 4) is 5.82 Å². The van der Waals surface area contributed by atoms with E-state index in [2.05, 4.69) is 44.5 Å². The zero-order valence-corrected chi connectivity index (χ0v) is 14.5. The third kappa shape index (κ3) is 3.44. The maximum Gasteiger partial charge on any atom is 0.251 e. The molecular formula is C20H21N5O. The number of carbonyl (C=O) groups excluding carboxylic acids is 1. The van der Waals surface area contributed by atoms with Crippen LogP contribution in [0.1, 0.15) is 22.3 Å². The van der Waals surface area contributed by atoms with Crippen molar-refractivity contribution in [3.05, 3.63) is 72.4 Å². The standard InChI is InChI=1S/C20H21N5O/c26-20(17-6-9-22-19(14-17)25-13-10-21-15-25)23-8-3-11-24-12-7-16-4-1-2-5-18(16)24/h1-2,4-6,9-10,13-15H,3,7-8,11-12H2,(H,23,26). The molecule has 0 spiro atoms. The maximum atomic E-state index is 12.4. The van der Waals surface area contributed by atoms with Gasteiger partial charge in [0.2, 0.25) is 0 Å². The third-order valence-corrected chi connectivity index (χ3v) is 4.65. The van der Waals surface area contributed by atoms with E-state index in [9.17, 15) is 4.79 Å². The molecule has 4 rings (SSSR count). The second-order valence-corrected chi connectivity index (χ2v) is 6.35. The summed E-state index contributed by atoms with van der Waals surface area (Å²) in [7, 11) is 0. The third-order valence-electron chi connectivity index (χ3n) is 4.65. The van der Waals surface area contributed by atoms with Crippen LogP contribution in [0.3, 0.4) is 0 Å². The molecule has 3 aromatic rings. The molecule has 26 heavy (non-hydrogen) atoms. The molecule has 132 valence electrons. The van der Waals surface area contributed by atoms with Gasteiger partial charge in [0.05, 0.1) is 0 Å². The Morgan fingerprint density at radius 3 is 3.00 bits per heavy atom. The molecule has 0 atom stereocenters. The van der Waals surface area contributed by atoms with Gasteiger partial charge >= 0.3 is 0 Å². The number of rotatable bonds is 6. The lowest BCUT2D eigenvalue weighted by molar-refractivity contribution is 0.0953. The average molecular weight is 347 g/mol. The number of anilines is 1. The predicted octanol–water partition coefficient (Wildman–Crippen LogP) is 2.45. The molecule has 3 heterocycles. The lowest BCUT2D eigenvalue weighted by Crippen LogP contribution is -2.29. The second-order valence-electron chi connectivity index (χ2n) is 6.35. The number of imidazole rings is 1. The van der Waals surface area contributed by atoms with Crippen molar-refractivity contribution >= 4 is 11.6 Å². The fraction of sp³-hybridized carbons (Fsp3) is 0.250. The Morgan fingerprint density at radius 1 is 1.19 bits per heavy atom. The maximum absolute atomic E-state index is 12.4. The molecule has 1 aliphatic rings. The lowest BCUT2D eigenvalue weighted by Gasteiger charge is -2.19. The summed E-state index contributed by atoms with van der Waals surface area (Å²) in [5.74, 6) is 0.611. The van der Waals surface area contributed by atoms with Crippen LogP contribution in [0.2, 0.25) is 0 Å². The SMILES string of the molecule is O=C(NCCCN1CCc2ccccc21)c1ccnc(-n2ccnc2)c1. The van der Waals surface area contributed by atoms with Gasteiger partial charge in [0.15, 0.2) is 0 Å². The molecule has 0 unspecified atom stereocenters. The summed E-state index contributed by atoms with van der Waals surface area (Å²) >= 11 is 0. The normalized spacial score (nSPS) is 12.8. The van der Waals surface area contributed by atoms with Gasteiger partial charge in [0.1, 0.15) is 12.1 Å². The van der Waals surface area contributed by atoms with Crippen LogP contribution in [0.4, 0.5) is 5.69 Å². The number of nitrogens with one attached hydrogen (secondary N) is 1. The number of hydrogen-bond acceptors (Lipinski definition) is 4. The van der Waals surface area contributed by atoms with Crippen LogP contribution in [0.15, 0.2) is 61.3 Å². The van der Waals surface area contributed by atoms with E-state index in [0.29, 0.717) is 17.9 Å². The summed E-state index contributed by atoms with van der Waals surface area (Å²) in [6, 6.07) is 12.0. The van der Waals surface area contributed by atoms with Crippen molar-refractivity contribution in [2.45, 2.75) is 12.8 Å². The van der Waals surface area contributed by atoms with E-state index in [1.165, 1.54) is 11.3 Å². The number of para-hydroxylation sites is 1. The molecule has 0 saturated carbocycles. The van der Waals surface area contributed by atoms with Crippen molar-refractivity contribution in [3.63, 3.8) is 0 Å². The summed E-state index contributed by atoms with van der Waals surface area (Å²) in [5, 5.41) is 3.00. The number of aromatic nitrogens is 3. The Kier molecular flexibility index (Phi) is 4.64. The fourth-order valence-electron chi connectivity index (χ4n) is 3.31. The van der Waals surface area contributed by atoms with Crippen LogP contribution in [-0.2, 0) is 6.42 Å². The number of benzene rings is 1. The van der Waals surface area contributed by atoms with E-state index in [0.717, 1.165) is 25.9 Å². The molecule has 1 aliphatic heterocycles. The molecule has 1 aromatic carbocycles. The molecule has 1 amide bonds. The summed E-state index contributed by atoms with van der Waals surface area (Å²) in [5.41, 5.74) is 3.36. The molecule has 1 N–H and O–H groups in total. The van der Waals surface area contributed by atoms with Crippen LogP contribution in [0, 0.1) is 0 Å². The smallest absolute Gasteiger partial charge is 0.251 e. The van der Waals surface area contributed by atoms with Gasteiger partial charge in [-0.3, -0.25) is 9.36 Å². The van der Waals surface area contributed by atoms with Crippen molar-refractivity contribution in [1.82, 2.24) is 19.9 Å². The first-order chi connectivity index (χ1) is 12.8. The van der Waals surface area contributed by atoms with Gasteiger partial charge < -0.3 is 10.2 Å². The van der Waals surface area contributed by atoms with Gasteiger partial charge in [-0.05, 0) is 36.6 Å². The predicted molar refractivity (Wildman–Crippen MR) is 101 cm³/mol. The number of amides is 1. The highest BCUT2D eigenvalue weighted by molar-refractivity contribution is 5.94. The summed E-state index contributed by atoms with van der Waals surface area (Å²) in [6.45, 7) is 2.67. The van der Waals surface area contributed by atoms with Crippen LogP contribution >= 0.6 is 0 Å². The Morgan fingerprint density at radius 2 is 2.12 bits per heavy atom. The first-order valence-electron chi connectivity index (χ1n) is 8.87. The number of hydrogen-bond donors (Lipinski definition) is 1. The highest BCUT2D eigenvalue weighted by Crippen LogP contribution is 2.27. The van der Waals surface area contributed by atoms with E-state index in [1.54, 1.807) is 41.6 Å². The Hall–Kier alpha value is -3.15. The van der Waals surface area contributed by atoms with Crippen LogP contribution < -0.4 is 10.2 Å². The topological polar surface area (TPSA) is 63.1 Å². The molecule has 0 aliphatic carbocycles. The lowest BCUT2D eigenvalue weighted by atomic mass is 10.2. The van der Waals surface area contributed by atoms with Crippen LogP contribution in [0.5, 0.6) is 0 Å².